The normalized spacial score (nSPS) is 16.2. The van der Waals surface area contributed by atoms with Crippen LogP contribution in [-0.2, 0) is 34.1 Å². The molecule has 1 aliphatic rings. The number of carbonyl (C=O) groups excluding carboxylic acids is 2. The van der Waals surface area contributed by atoms with Crippen molar-refractivity contribution in [1.82, 2.24) is 19.8 Å². The Hall–Kier alpha value is -3.75. The number of sulfonamides is 1. The number of halogens is 2. The number of carbonyl (C=O) groups is 2. The fourth-order valence-electron chi connectivity index (χ4n) is 5.97. The summed E-state index contributed by atoms with van der Waals surface area (Å²) in [4.78, 5) is 29.0. The Kier molecular flexibility index (Phi) is 13.4. The molecular formula is C36H46F2N4O6S. The quantitative estimate of drug-likeness (QED) is 0.207. The van der Waals surface area contributed by atoms with Gasteiger partial charge in [0, 0.05) is 57.5 Å². The molecule has 1 fully saturated rings. The molecule has 10 nitrogen and oxygen atoms in total. The second-order valence-electron chi connectivity index (χ2n) is 12.3. The first-order valence-corrected chi connectivity index (χ1v) is 17.9. The number of nitrogens with zero attached hydrogens (tertiary/aromatic N) is 2. The van der Waals surface area contributed by atoms with Crippen LogP contribution in [0.4, 0.5) is 8.78 Å². The van der Waals surface area contributed by atoms with Crippen molar-refractivity contribution in [3.63, 3.8) is 0 Å². The maximum Gasteiger partial charge on any atom is 0.254 e. The average molecular weight is 701 g/mol. The van der Waals surface area contributed by atoms with E-state index < -0.39 is 45.6 Å². The molecule has 0 radical (unpaired) electrons. The summed E-state index contributed by atoms with van der Waals surface area (Å²) in [5, 5.41) is 17.2. The van der Waals surface area contributed by atoms with Crippen LogP contribution < -0.4 is 10.6 Å². The van der Waals surface area contributed by atoms with E-state index in [4.69, 9.17) is 4.74 Å². The van der Waals surface area contributed by atoms with Crippen LogP contribution in [0.2, 0.25) is 0 Å². The summed E-state index contributed by atoms with van der Waals surface area (Å²) in [5.74, 6) is -2.82. The van der Waals surface area contributed by atoms with Crippen molar-refractivity contribution in [2.24, 2.45) is 0 Å². The molecule has 2 amide bonds. The zero-order chi connectivity index (χ0) is 35.7. The van der Waals surface area contributed by atoms with Gasteiger partial charge in [-0.25, -0.2) is 21.5 Å². The number of nitrogens with one attached hydrogen (secondary N) is 2. The molecule has 3 aromatic rings. The van der Waals surface area contributed by atoms with Crippen molar-refractivity contribution in [3.05, 3.63) is 100 Å². The molecule has 13 heteroatoms. The smallest absolute Gasteiger partial charge is 0.254 e. The van der Waals surface area contributed by atoms with Gasteiger partial charge in [0.2, 0.25) is 10.0 Å². The van der Waals surface area contributed by atoms with E-state index in [1.165, 1.54) is 25.2 Å². The summed E-state index contributed by atoms with van der Waals surface area (Å²) in [7, 11) is -1.14. The van der Waals surface area contributed by atoms with E-state index in [9.17, 15) is 31.9 Å². The fraction of sp³-hybridized carbons (Fsp3) is 0.444. The standard InChI is InChI=1S/C36H46F2N4O6S/c1-5-24-9-7-10-25(13-24)21-39-22-34(43)33(16-26-14-29(37)20-30(38)15-26)40-35(44)27-17-28(19-32(18-27)49(46,47)41(3)6-2)36(45)42-12-8-11-31(42)23-48-4/h7,9-10,13-15,17-20,31,33-34,39,43H,5-6,8,11-12,16,21-23H2,1-4H3,(H,40,44)/t31?,33-,34+/m0/s1. The molecule has 1 unspecified atom stereocenters. The van der Waals surface area contributed by atoms with Gasteiger partial charge in [-0.2, -0.15) is 0 Å². The third-order valence-corrected chi connectivity index (χ3v) is 10.7. The summed E-state index contributed by atoms with van der Waals surface area (Å²) < 4.78 is 61.5. The molecule has 1 heterocycles. The van der Waals surface area contributed by atoms with Crippen LogP contribution in [-0.4, -0.2) is 93.1 Å². The van der Waals surface area contributed by atoms with Gasteiger partial charge in [0.25, 0.3) is 11.8 Å². The van der Waals surface area contributed by atoms with Crippen molar-refractivity contribution >= 4 is 21.8 Å². The number of aliphatic hydroxyl groups is 1. The molecule has 49 heavy (non-hydrogen) atoms. The highest BCUT2D eigenvalue weighted by molar-refractivity contribution is 7.89. The molecule has 1 saturated heterocycles. The van der Waals surface area contributed by atoms with Crippen molar-refractivity contribution < 1.29 is 36.6 Å². The minimum Gasteiger partial charge on any atom is -0.390 e. The van der Waals surface area contributed by atoms with Crippen LogP contribution in [0.3, 0.4) is 0 Å². The van der Waals surface area contributed by atoms with Crippen LogP contribution in [0, 0.1) is 11.6 Å². The maximum atomic E-state index is 14.1. The summed E-state index contributed by atoms with van der Waals surface area (Å²) >= 11 is 0. The maximum absolute atomic E-state index is 14.1. The number of aryl methyl sites for hydroxylation is 1. The number of likely N-dealkylation sites (tertiary alicyclic amines) is 1. The van der Waals surface area contributed by atoms with Gasteiger partial charge in [0.1, 0.15) is 11.6 Å². The Labute approximate surface area is 287 Å². The number of hydrogen-bond acceptors (Lipinski definition) is 7. The third kappa shape index (κ3) is 9.92. The fourth-order valence-corrected chi connectivity index (χ4v) is 7.22. The lowest BCUT2D eigenvalue weighted by molar-refractivity contribution is 0.0630. The monoisotopic (exact) mass is 700 g/mol. The van der Waals surface area contributed by atoms with Crippen molar-refractivity contribution in [1.29, 1.82) is 0 Å². The van der Waals surface area contributed by atoms with Crippen LogP contribution in [0.1, 0.15) is 64.1 Å². The molecule has 0 saturated carbocycles. The average Bonchev–Trinajstić information content (AvgIpc) is 3.54. The van der Waals surface area contributed by atoms with Gasteiger partial charge in [-0.15, -0.1) is 0 Å². The van der Waals surface area contributed by atoms with Crippen molar-refractivity contribution in [2.75, 3.05) is 40.4 Å². The van der Waals surface area contributed by atoms with E-state index in [1.807, 2.05) is 24.3 Å². The third-order valence-electron chi connectivity index (χ3n) is 8.81. The van der Waals surface area contributed by atoms with E-state index in [0.717, 1.165) is 52.9 Å². The van der Waals surface area contributed by atoms with E-state index in [-0.39, 0.29) is 47.1 Å². The Morgan fingerprint density at radius 2 is 1.71 bits per heavy atom. The number of rotatable bonds is 16. The van der Waals surface area contributed by atoms with Crippen LogP contribution in [0.15, 0.2) is 65.6 Å². The lowest BCUT2D eigenvalue weighted by atomic mass is 9.99. The lowest BCUT2D eigenvalue weighted by Gasteiger charge is -2.26. The van der Waals surface area contributed by atoms with Crippen LogP contribution in [0.5, 0.6) is 0 Å². The number of amides is 2. The summed E-state index contributed by atoms with van der Waals surface area (Å²) in [6, 6.07) is 13.5. The largest absolute Gasteiger partial charge is 0.390 e. The molecule has 0 spiro atoms. The summed E-state index contributed by atoms with van der Waals surface area (Å²) in [5.41, 5.74) is 2.25. The van der Waals surface area contributed by atoms with Crippen LogP contribution in [0.25, 0.3) is 0 Å². The Balaban J connectivity index is 1.65. The molecule has 4 rings (SSSR count). The Morgan fingerprint density at radius 1 is 1.02 bits per heavy atom. The van der Waals surface area contributed by atoms with Gasteiger partial charge in [-0.05, 0) is 72.7 Å². The highest BCUT2D eigenvalue weighted by Gasteiger charge is 2.32. The summed E-state index contributed by atoms with van der Waals surface area (Å²) in [6.07, 6.45) is 0.987. The van der Waals surface area contributed by atoms with Gasteiger partial charge >= 0.3 is 0 Å². The van der Waals surface area contributed by atoms with E-state index in [0.29, 0.717) is 19.7 Å². The Bertz CT molecular complexity index is 1700. The first-order chi connectivity index (χ1) is 23.4. The van der Waals surface area contributed by atoms with Crippen LogP contribution >= 0.6 is 0 Å². The molecule has 3 aromatic carbocycles. The number of benzene rings is 3. The second-order valence-corrected chi connectivity index (χ2v) is 14.4. The minimum absolute atomic E-state index is 0.0130. The number of aliphatic hydroxyl groups excluding tert-OH is 1. The molecule has 1 aliphatic heterocycles. The van der Waals surface area contributed by atoms with E-state index in [2.05, 4.69) is 17.6 Å². The highest BCUT2D eigenvalue weighted by Crippen LogP contribution is 2.25. The van der Waals surface area contributed by atoms with Gasteiger partial charge in [0.05, 0.1) is 29.7 Å². The topological polar surface area (TPSA) is 128 Å². The molecular weight excluding hydrogens is 654 g/mol. The van der Waals surface area contributed by atoms with Gasteiger partial charge in [-0.1, -0.05) is 38.1 Å². The lowest BCUT2D eigenvalue weighted by Crippen LogP contribution is -2.48. The number of hydrogen-bond donors (Lipinski definition) is 3. The van der Waals surface area contributed by atoms with Gasteiger partial charge in [0.15, 0.2) is 0 Å². The molecule has 0 aromatic heterocycles. The van der Waals surface area contributed by atoms with Gasteiger partial charge < -0.3 is 25.4 Å². The molecule has 0 bridgehead atoms. The number of methoxy groups -OCH3 is 1. The predicted octanol–water partition coefficient (Wildman–Crippen LogP) is 3.91. The second kappa shape index (κ2) is 17.3. The highest BCUT2D eigenvalue weighted by atomic mass is 32.2. The SMILES string of the molecule is CCc1cccc(CNC[C@@H](O)[C@H](Cc2cc(F)cc(F)c2)NC(=O)c2cc(C(=O)N3CCCC3COC)cc(S(=O)(=O)N(C)CC)c2)c1. The first kappa shape index (κ1) is 38.1. The number of ether oxygens (including phenoxy) is 1. The zero-order valence-corrected chi connectivity index (χ0v) is 29.2. The molecule has 0 aliphatic carbocycles. The first-order valence-electron chi connectivity index (χ1n) is 16.5. The predicted molar refractivity (Wildman–Crippen MR) is 183 cm³/mol. The van der Waals surface area contributed by atoms with Crippen molar-refractivity contribution in [3.8, 4) is 0 Å². The summed E-state index contributed by atoms with van der Waals surface area (Å²) in [6.45, 7) is 5.08. The minimum atomic E-state index is -4.08. The zero-order valence-electron chi connectivity index (χ0n) is 28.4. The van der Waals surface area contributed by atoms with E-state index in [1.54, 1.807) is 18.9 Å². The Morgan fingerprint density at radius 3 is 2.39 bits per heavy atom. The van der Waals surface area contributed by atoms with E-state index >= 15 is 0 Å². The molecule has 3 N–H and O–H groups in total. The molecule has 266 valence electrons. The van der Waals surface area contributed by atoms with Gasteiger partial charge in [-0.3, -0.25) is 9.59 Å². The van der Waals surface area contributed by atoms with Crippen molar-refractivity contribution in [2.45, 2.75) is 69.2 Å². The molecule has 3 atom stereocenters.